The molecule has 0 aromatic carbocycles. The fourth-order valence-electron chi connectivity index (χ4n) is 4.64. The third kappa shape index (κ3) is 3.69. The van der Waals surface area contributed by atoms with E-state index in [1.165, 1.54) is 18.5 Å². The number of nitrogens with zero attached hydrogens (tertiary/aromatic N) is 4. The van der Waals surface area contributed by atoms with Crippen molar-refractivity contribution in [2.45, 2.75) is 38.0 Å². The molecule has 3 aromatic heterocycles. The quantitative estimate of drug-likeness (QED) is 0.652. The maximum Gasteiger partial charge on any atom is 0.417 e. The summed E-state index contributed by atoms with van der Waals surface area (Å²) >= 11 is 0. The zero-order valence-electron chi connectivity index (χ0n) is 17.1. The third-order valence-electron chi connectivity index (χ3n) is 6.07. The minimum atomic E-state index is -4.43. The van der Waals surface area contributed by atoms with Gasteiger partial charge in [0.1, 0.15) is 17.8 Å². The lowest BCUT2D eigenvalue weighted by Crippen LogP contribution is -2.48. The van der Waals surface area contributed by atoms with Crippen molar-refractivity contribution in [1.29, 1.82) is 0 Å². The summed E-state index contributed by atoms with van der Waals surface area (Å²) in [5.74, 6) is 0.801. The predicted molar refractivity (Wildman–Crippen MR) is 109 cm³/mol. The van der Waals surface area contributed by atoms with Crippen LogP contribution in [-0.4, -0.2) is 44.4 Å². The Morgan fingerprint density at radius 1 is 1.19 bits per heavy atom. The van der Waals surface area contributed by atoms with Gasteiger partial charge in [0.25, 0.3) is 5.91 Å². The highest BCUT2D eigenvalue weighted by Crippen LogP contribution is 2.40. The van der Waals surface area contributed by atoms with Gasteiger partial charge >= 0.3 is 6.18 Å². The van der Waals surface area contributed by atoms with Gasteiger partial charge in [-0.15, -0.1) is 0 Å². The second-order valence-electron chi connectivity index (χ2n) is 8.23. The summed E-state index contributed by atoms with van der Waals surface area (Å²) in [6.45, 7) is 2.45. The number of hydrogen-bond acceptors (Lipinski definition) is 6. The summed E-state index contributed by atoms with van der Waals surface area (Å²) in [7, 11) is 0. The van der Waals surface area contributed by atoms with Crippen LogP contribution in [0, 0.1) is 12.8 Å². The zero-order chi connectivity index (χ0) is 22.5. The first-order valence-corrected chi connectivity index (χ1v) is 10.3. The number of amides is 1. The Morgan fingerprint density at radius 2 is 2.03 bits per heavy atom. The molecule has 7 nitrogen and oxygen atoms in total. The number of fused-ring (bicyclic) bond motifs is 2. The van der Waals surface area contributed by atoms with E-state index >= 15 is 0 Å². The number of carbonyl (C=O) groups excluding carboxylic acids is 1. The number of anilines is 1. The highest BCUT2D eigenvalue weighted by molar-refractivity contribution is 5.99. The first-order chi connectivity index (χ1) is 15.3. The zero-order valence-corrected chi connectivity index (χ0v) is 17.1. The highest BCUT2D eigenvalue weighted by atomic mass is 19.4. The molecule has 2 fully saturated rings. The lowest BCUT2D eigenvalue weighted by Gasteiger charge is -2.34. The van der Waals surface area contributed by atoms with Gasteiger partial charge in [0.05, 0.1) is 23.4 Å². The Balaban J connectivity index is 1.36. The minimum absolute atomic E-state index is 0.0877. The Bertz CT molecular complexity index is 1130. The van der Waals surface area contributed by atoms with Gasteiger partial charge in [-0.1, -0.05) is 0 Å². The molecule has 10 heteroatoms. The molecule has 0 radical (unpaired) electrons. The number of oxazole rings is 1. The van der Waals surface area contributed by atoms with E-state index in [4.69, 9.17) is 4.42 Å². The Labute approximate surface area is 181 Å². The number of piperidine rings is 1. The molecule has 1 N–H and O–H groups in total. The molecule has 1 amide bonds. The molecule has 1 saturated carbocycles. The molecule has 3 atom stereocenters. The van der Waals surface area contributed by atoms with E-state index in [0.717, 1.165) is 30.8 Å². The number of halogens is 3. The molecule has 2 aliphatic rings. The van der Waals surface area contributed by atoms with Crippen molar-refractivity contribution < 1.29 is 22.4 Å². The lowest BCUT2D eigenvalue weighted by atomic mass is 10.0. The number of pyridine rings is 2. The van der Waals surface area contributed by atoms with Crippen LogP contribution in [0.25, 0.3) is 11.6 Å². The Morgan fingerprint density at radius 3 is 2.69 bits per heavy atom. The number of carbonyl (C=O) groups is 1. The molecule has 0 spiro atoms. The molecule has 1 aliphatic carbocycles. The van der Waals surface area contributed by atoms with Crippen LogP contribution in [0.3, 0.4) is 0 Å². The van der Waals surface area contributed by atoms with Crippen LogP contribution in [0.1, 0.15) is 34.5 Å². The maximum absolute atomic E-state index is 13.5. The Hall–Kier alpha value is -3.43. The summed E-state index contributed by atoms with van der Waals surface area (Å²) in [5, 5.41) is 3.22. The number of alkyl halides is 3. The number of hydrogen-bond donors (Lipinski definition) is 1. The van der Waals surface area contributed by atoms with Crippen LogP contribution in [-0.2, 0) is 6.18 Å². The van der Waals surface area contributed by atoms with E-state index in [9.17, 15) is 18.0 Å². The Kier molecular flexibility index (Phi) is 4.87. The maximum atomic E-state index is 13.5. The third-order valence-corrected chi connectivity index (χ3v) is 6.07. The number of rotatable bonds is 4. The molecule has 1 saturated heterocycles. The normalized spacial score (nSPS) is 22.4. The topological polar surface area (TPSA) is 84.2 Å². The van der Waals surface area contributed by atoms with Crippen molar-refractivity contribution in [2.75, 3.05) is 11.9 Å². The van der Waals surface area contributed by atoms with Crippen LogP contribution in [0.4, 0.5) is 19.0 Å². The van der Waals surface area contributed by atoms with Crippen molar-refractivity contribution >= 4 is 11.7 Å². The van der Waals surface area contributed by atoms with E-state index in [-0.39, 0.29) is 23.9 Å². The van der Waals surface area contributed by atoms with Crippen molar-refractivity contribution in [1.82, 2.24) is 19.9 Å². The van der Waals surface area contributed by atoms with E-state index in [1.807, 2.05) is 11.8 Å². The summed E-state index contributed by atoms with van der Waals surface area (Å²) in [6.07, 6.45) is 0.987. The molecule has 1 aliphatic heterocycles. The standard InChI is InChI=1S/C22H20F3N5O2/c1-12-2-4-15(19(28-12)20-26-6-7-32-20)21(31)30-11-13-8-16(17(30)9-13)29-18-5-3-14(10-27-18)22(23,24)25/h2-7,10,13,16-17H,8-9,11H2,1H3,(H,27,29). The number of aryl methyl sites for hydroxylation is 1. The van der Waals surface area contributed by atoms with Crippen LogP contribution in [0.2, 0.25) is 0 Å². The first kappa shape index (κ1) is 20.5. The lowest BCUT2D eigenvalue weighted by molar-refractivity contribution is -0.137. The SMILES string of the molecule is Cc1ccc(C(=O)N2CC3CC(Nc4ccc(C(F)(F)F)cn4)C2C3)c(-c2ncco2)n1. The van der Waals surface area contributed by atoms with Gasteiger partial charge in [0.15, 0.2) is 0 Å². The van der Waals surface area contributed by atoms with Gasteiger partial charge in [0, 0.05) is 24.5 Å². The van der Waals surface area contributed by atoms with Crippen LogP contribution in [0.15, 0.2) is 47.3 Å². The van der Waals surface area contributed by atoms with Gasteiger partial charge in [-0.05, 0) is 49.9 Å². The largest absolute Gasteiger partial charge is 0.443 e. The second-order valence-corrected chi connectivity index (χ2v) is 8.23. The highest BCUT2D eigenvalue weighted by Gasteiger charge is 2.47. The number of nitrogens with one attached hydrogen (secondary N) is 1. The molecule has 166 valence electrons. The second kappa shape index (κ2) is 7.61. The molecular weight excluding hydrogens is 423 g/mol. The average molecular weight is 443 g/mol. The van der Waals surface area contributed by atoms with Gasteiger partial charge < -0.3 is 14.6 Å². The number of aromatic nitrogens is 3. The fourth-order valence-corrected chi connectivity index (χ4v) is 4.64. The van der Waals surface area contributed by atoms with E-state index in [0.29, 0.717) is 29.5 Å². The minimum Gasteiger partial charge on any atom is -0.443 e. The van der Waals surface area contributed by atoms with Gasteiger partial charge in [-0.3, -0.25) is 4.79 Å². The summed E-state index contributed by atoms with van der Waals surface area (Å²) in [6, 6.07) is 5.66. The molecule has 2 bridgehead atoms. The fraction of sp³-hybridized carbons (Fsp3) is 0.364. The van der Waals surface area contributed by atoms with E-state index in [1.54, 1.807) is 12.1 Å². The van der Waals surface area contributed by atoms with Gasteiger partial charge in [0.2, 0.25) is 5.89 Å². The molecule has 5 rings (SSSR count). The average Bonchev–Trinajstić information content (AvgIpc) is 3.50. The number of likely N-dealkylation sites (tertiary alicyclic amines) is 1. The van der Waals surface area contributed by atoms with Crippen LogP contribution < -0.4 is 5.32 Å². The summed E-state index contributed by atoms with van der Waals surface area (Å²) in [5.41, 5.74) is 0.762. The summed E-state index contributed by atoms with van der Waals surface area (Å²) < 4.78 is 43.7. The van der Waals surface area contributed by atoms with Crippen molar-refractivity contribution in [2.24, 2.45) is 5.92 Å². The van der Waals surface area contributed by atoms with E-state index < -0.39 is 11.7 Å². The molecule has 3 aromatic rings. The molecular formula is C22H20F3N5O2. The molecule has 3 unspecified atom stereocenters. The predicted octanol–water partition coefficient (Wildman–Crippen LogP) is 4.17. The van der Waals surface area contributed by atoms with Crippen molar-refractivity contribution in [3.63, 3.8) is 0 Å². The first-order valence-electron chi connectivity index (χ1n) is 10.3. The van der Waals surface area contributed by atoms with Crippen molar-refractivity contribution in [3.05, 3.63) is 59.7 Å². The smallest absolute Gasteiger partial charge is 0.417 e. The van der Waals surface area contributed by atoms with Crippen molar-refractivity contribution in [3.8, 4) is 11.6 Å². The van der Waals surface area contributed by atoms with Gasteiger partial charge in [-0.25, -0.2) is 15.0 Å². The monoisotopic (exact) mass is 443 g/mol. The van der Waals surface area contributed by atoms with Crippen LogP contribution in [0.5, 0.6) is 0 Å². The summed E-state index contributed by atoms with van der Waals surface area (Å²) in [4.78, 5) is 27.8. The van der Waals surface area contributed by atoms with Crippen LogP contribution >= 0.6 is 0 Å². The van der Waals surface area contributed by atoms with E-state index in [2.05, 4.69) is 20.3 Å². The van der Waals surface area contributed by atoms with Gasteiger partial charge in [-0.2, -0.15) is 13.2 Å². The molecule has 4 heterocycles. The molecule has 32 heavy (non-hydrogen) atoms.